The van der Waals surface area contributed by atoms with E-state index in [0.29, 0.717) is 25.9 Å². The third kappa shape index (κ3) is 6.89. The summed E-state index contributed by atoms with van der Waals surface area (Å²) < 4.78 is 39.5. The van der Waals surface area contributed by atoms with E-state index in [9.17, 15) is 18.0 Å². The van der Waals surface area contributed by atoms with Gasteiger partial charge in [-0.2, -0.15) is 13.2 Å². The van der Waals surface area contributed by atoms with Crippen molar-refractivity contribution in [2.75, 3.05) is 13.1 Å². The molecule has 3 aromatic rings. The number of carbonyl (C=O) groups is 1. The summed E-state index contributed by atoms with van der Waals surface area (Å²) in [5.41, 5.74) is 1.52. The van der Waals surface area contributed by atoms with Gasteiger partial charge in [-0.1, -0.05) is 12.1 Å². The molecule has 5 nitrogen and oxygen atoms in total. The summed E-state index contributed by atoms with van der Waals surface area (Å²) in [6, 6.07) is 11.4. The molecule has 1 atom stereocenters. The first-order valence-electron chi connectivity index (χ1n) is 9.89. The zero-order valence-corrected chi connectivity index (χ0v) is 16.8. The standard InChI is InChI=1S/C23H23F3N4O/c24-23(25,26)20-3-1-2-19(16-20)21(29-14-8-17-4-10-27-11-5-17)22(31)30-15-9-18-6-12-28-13-7-18/h1-7,10-13,16,21,29H,8-9,14-15H2,(H,30,31). The number of hydrogen-bond donors (Lipinski definition) is 2. The molecule has 0 spiro atoms. The van der Waals surface area contributed by atoms with Gasteiger partial charge in [-0.3, -0.25) is 14.8 Å². The van der Waals surface area contributed by atoms with Crippen LogP contribution < -0.4 is 10.6 Å². The Morgan fingerprint density at radius 1 is 0.871 bits per heavy atom. The number of aromatic nitrogens is 2. The number of benzene rings is 1. The number of carbonyl (C=O) groups excluding carboxylic acids is 1. The van der Waals surface area contributed by atoms with E-state index in [-0.39, 0.29) is 11.5 Å². The molecule has 2 heterocycles. The minimum absolute atomic E-state index is 0.269. The van der Waals surface area contributed by atoms with E-state index in [0.717, 1.165) is 23.3 Å². The normalized spacial score (nSPS) is 12.4. The molecule has 0 radical (unpaired) electrons. The molecule has 31 heavy (non-hydrogen) atoms. The van der Waals surface area contributed by atoms with Crippen molar-refractivity contribution in [2.45, 2.75) is 25.1 Å². The van der Waals surface area contributed by atoms with Crippen molar-refractivity contribution in [1.82, 2.24) is 20.6 Å². The van der Waals surface area contributed by atoms with Crippen LogP contribution in [0.5, 0.6) is 0 Å². The number of pyridine rings is 2. The average molecular weight is 428 g/mol. The van der Waals surface area contributed by atoms with E-state index in [1.807, 2.05) is 24.3 Å². The first-order valence-corrected chi connectivity index (χ1v) is 9.89. The monoisotopic (exact) mass is 428 g/mol. The Kier molecular flexibility index (Phi) is 7.72. The fourth-order valence-corrected chi connectivity index (χ4v) is 3.15. The fourth-order valence-electron chi connectivity index (χ4n) is 3.15. The first kappa shape index (κ1) is 22.4. The van der Waals surface area contributed by atoms with Crippen molar-refractivity contribution in [1.29, 1.82) is 0 Å². The van der Waals surface area contributed by atoms with Gasteiger partial charge in [-0.05, 0) is 65.9 Å². The number of halogens is 3. The summed E-state index contributed by atoms with van der Waals surface area (Å²) in [7, 11) is 0. The molecule has 8 heteroatoms. The predicted octanol–water partition coefficient (Wildman–Crippen LogP) is 3.73. The van der Waals surface area contributed by atoms with Crippen molar-refractivity contribution in [2.24, 2.45) is 0 Å². The van der Waals surface area contributed by atoms with Crippen LogP contribution in [0.15, 0.2) is 73.3 Å². The van der Waals surface area contributed by atoms with Gasteiger partial charge in [0.15, 0.2) is 0 Å². The Morgan fingerprint density at radius 3 is 2.03 bits per heavy atom. The van der Waals surface area contributed by atoms with Gasteiger partial charge < -0.3 is 10.6 Å². The summed E-state index contributed by atoms with van der Waals surface area (Å²) >= 11 is 0. The Morgan fingerprint density at radius 2 is 1.45 bits per heavy atom. The van der Waals surface area contributed by atoms with Crippen LogP contribution in [-0.2, 0) is 23.8 Å². The molecule has 2 aromatic heterocycles. The molecule has 0 aliphatic heterocycles. The Bertz CT molecular complexity index is 965. The summed E-state index contributed by atoms with van der Waals surface area (Å²) in [6.45, 7) is 0.785. The fraction of sp³-hybridized carbons (Fsp3) is 0.261. The lowest BCUT2D eigenvalue weighted by Crippen LogP contribution is -2.39. The molecule has 2 N–H and O–H groups in total. The first-order chi connectivity index (χ1) is 14.9. The van der Waals surface area contributed by atoms with Crippen molar-refractivity contribution >= 4 is 5.91 Å². The van der Waals surface area contributed by atoms with Gasteiger partial charge >= 0.3 is 6.18 Å². The summed E-state index contributed by atoms with van der Waals surface area (Å²) in [5, 5.41) is 5.93. The SMILES string of the molecule is O=C(NCCc1ccncc1)C(NCCc1ccncc1)c1cccc(C(F)(F)F)c1. The highest BCUT2D eigenvalue weighted by molar-refractivity contribution is 5.83. The third-order valence-corrected chi connectivity index (χ3v) is 4.78. The van der Waals surface area contributed by atoms with Gasteiger partial charge in [0, 0.05) is 37.9 Å². The Hall–Kier alpha value is -3.26. The van der Waals surface area contributed by atoms with Gasteiger partial charge in [0.2, 0.25) is 5.91 Å². The number of rotatable bonds is 9. The minimum atomic E-state index is -4.48. The van der Waals surface area contributed by atoms with Crippen LogP contribution in [0, 0.1) is 0 Å². The molecule has 0 aliphatic rings. The predicted molar refractivity (Wildman–Crippen MR) is 111 cm³/mol. The van der Waals surface area contributed by atoms with Crippen LogP contribution >= 0.6 is 0 Å². The lowest BCUT2D eigenvalue weighted by Gasteiger charge is -2.20. The Balaban J connectivity index is 1.69. The van der Waals surface area contributed by atoms with Gasteiger partial charge in [-0.25, -0.2) is 0 Å². The van der Waals surface area contributed by atoms with Gasteiger partial charge in [0.1, 0.15) is 6.04 Å². The van der Waals surface area contributed by atoms with Crippen molar-refractivity contribution in [3.63, 3.8) is 0 Å². The summed E-state index contributed by atoms with van der Waals surface area (Å²) in [4.78, 5) is 20.8. The number of nitrogens with one attached hydrogen (secondary N) is 2. The molecule has 162 valence electrons. The maximum Gasteiger partial charge on any atom is 0.416 e. The molecule has 0 saturated heterocycles. The zero-order chi connectivity index (χ0) is 22.1. The lowest BCUT2D eigenvalue weighted by atomic mass is 10.0. The van der Waals surface area contributed by atoms with Crippen LogP contribution in [-0.4, -0.2) is 29.0 Å². The van der Waals surface area contributed by atoms with Crippen molar-refractivity contribution < 1.29 is 18.0 Å². The molecule has 0 fully saturated rings. The molecular formula is C23H23F3N4O. The highest BCUT2D eigenvalue weighted by Crippen LogP contribution is 2.30. The molecule has 1 aromatic carbocycles. The smallest absolute Gasteiger partial charge is 0.354 e. The number of amides is 1. The zero-order valence-electron chi connectivity index (χ0n) is 16.8. The van der Waals surface area contributed by atoms with Crippen molar-refractivity contribution in [3.05, 3.63) is 95.6 Å². The average Bonchev–Trinajstić information content (AvgIpc) is 2.77. The van der Waals surface area contributed by atoms with Crippen LogP contribution in [0.2, 0.25) is 0 Å². The molecular weight excluding hydrogens is 405 g/mol. The maximum atomic E-state index is 13.2. The van der Waals surface area contributed by atoms with Crippen LogP contribution in [0.4, 0.5) is 13.2 Å². The van der Waals surface area contributed by atoms with E-state index >= 15 is 0 Å². The van der Waals surface area contributed by atoms with Gasteiger partial charge in [-0.15, -0.1) is 0 Å². The van der Waals surface area contributed by atoms with Crippen LogP contribution in [0.25, 0.3) is 0 Å². The van der Waals surface area contributed by atoms with E-state index in [1.54, 1.807) is 24.8 Å². The second kappa shape index (κ2) is 10.7. The van der Waals surface area contributed by atoms with Gasteiger partial charge in [0.25, 0.3) is 0 Å². The van der Waals surface area contributed by atoms with E-state index < -0.39 is 17.8 Å². The molecule has 3 rings (SSSR count). The largest absolute Gasteiger partial charge is 0.416 e. The molecule has 0 bridgehead atoms. The maximum absolute atomic E-state index is 13.2. The van der Waals surface area contributed by atoms with Crippen molar-refractivity contribution in [3.8, 4) is 0 Å². The van der Waals surface area contributed by atoms with Gasteiger partial charge in [0.05, 0.1) is 5.56 Å². The second-order valence-corrected chi connectivity index (χ2v) is 7.01. The highest BCUT2D eigenvalue weighted by Gasteiger charge is 2.31. The number of hydrogen-bond acceptors (Lipinski definition) is 4. The van der Waals surface area contributed by atoms with Crippen LogP contribution in [0.3, 0.4) is 0 Å². The quantitative estimate of drug-likeness (QED) is 0.545. The topological polar surface area (TPSA) is 66.9 Å². The molecule has 1 unspecified atom stereocenters. The summed E-state index contributed by atoms with van der Waals surface area (Å²) in [5.74, 6) is -0.372. The highest BCUT2D eigenvalue weighted by atomic mass is 19.4. The minimum Gasteiger partial charge on any atom is -0.354 e. The van der Waals surface area contributed by atoms with Crippen LogP contribution in [0.1, 0.15) is 28.3 Å². The summed E-state index contributed by atoms with van der Waals surface area (Å²) in [6.07, 6.45) is 3.42. The molecule has 0 aliphatic carbocycles. The molecule has 0 saturated carbocycles. The van der Waals surface area contributed by atoms with E-state index in [4.69, 9.17) is 0 Å². The Labute approximate surface area is 178 Å². The van der Waals surface area contributed by atoms with E-state index in [1.165, 1.54) is 12.1 Å². The second-order valence-electron chi connectivity index (χ2n) is 7.01. The third-order valence-electron chi connectivity index (χ3n) is 4.78. The number of nitrogens with zero attached hydrogens (tertiary/aromatic N) is 2. The van der Waals surface area contributed by atoms with E-state index in [2.05, 4.69) is 20.6 Å². The lowest BCUT2D eigenvalue weighted by molar-refractivity contribution is -0.137. The number of alkyl halides is 3. The molecule has 1 amide bonds.